The Bertz CT molecular complexity index is 210. The van der Waals surface area contributed by atoms with Crippen LogP contribution in [0.15, 0.2) is 0 Å². The highest BCUT2D eigenvalue weighted by Gasteiger charge is 2.25. The Hall–Kier alpha value is -0.520. The highest BCUT2D eigenvalue weighted by molar-refractivity contribution is 7.85. The van der Waals surface area contributed by atoms with Gasteiger partial charge in [-0.2, -0.15) is 8.78 Å². The number of halogens is 2. The molecule has 0 aromatic carbocycles. The predicted octanol–water partition coefficient (Wildman–Crippen LogP) is -0.111. The molecular formula is C6H9F2NO2S. The zero-order chi connectivity index (χ0) is 9.14. The van der Waals surface area contributed by atoms with Crippen molar-refractivity contribution in [1.29, 1.82) is 0 Å². The van der Waals surface area contributed by atoms with E-state index in [1.165, 1.54) is 0 Å². The zero-order valence-corrected chi connectivity index (χ0v) is 7.07. The summed E-state index contributed by atoms with van der Waals surface area (Å²) in [6.07, 6.45) is -2.44. The summed E-state index contributed by atoms with van der Waals surface area (Å²) in [6.45, 7) is 0. The summed E-state index contributed by atoms with van der Waals surface area (Å²) in [7, 11) is -0.942. The van der Waals surface area contributed by atoms with E-state index in [9.17, 15) is 17.8 Å². The summed E-state index contributed by atoms with van der Waals surface area (Å²) < 4.78 is 34.2. The molecule has 0 aliphatic carbocycles. The van der Waals surface area contributed by atoms with Crippen LogP contribution in [0.25, 0.3) is 0 Å². The topological polar surface area (TPSA) is 46.2 Å². The first kappa shape index (κ1) is 9.57. The Kier molecular flexibility index (Phi) is 3.13. The van der Waals surface area contributed by atoms with E-state index in [1.807, 2.05) is 0 Å². The van der Waals surface area contributed by atoms with Crippen LogP contribution in [-0.4, -0.2) is 34.1 Å². The summed E-state index contributed by atoms with van der Waals surface area (Å²) in [5.41, 5.74) is 0. The van der Waals surface area contributed by atoms with Crippen molar-refractivity contribution in [3.63, 3.8) is 0 Å². The van der Waals surface area contributed by atoms with Crippen LogP contribution in [0.4, 0.5) is 8.78 Å². The summed E-state index contributed by atoms with van der Waals surface area (Å²) in [6, 6.07) is -0.327. The molecule has 1 saturated heterocycles. The van der Waals surface area contributed by atoms with Crippen molar-refractivity contribution in [1.82, 2.24) is 5.32 Å². The second kappa shape index (κ2) is 3.93. The minimum atomic E-state index is -2.97. The van der Waals surface area contributed by atoms with Gasteiger partial charge in [-0.05, 0) is 6.42 Å². The number of hydrogen-bond acceptors (Lipinski definition) is 2. The smallest absolute Gasteiger partial charge is 0.315 e. The van der Waals surface area contributed by atoms with Gasteiger partial charge in [0.1, 0.15) is 0 Å². The van der Waals surface area contributed by atoms with Crippen molar-refractivity contribution < 1.29 is 17.8 Å². The van der Waals surface area contributed by atoms with Crippen molar-refractivity contribution >= 4 is 16.7 Å². The molecule has 1 heterocycles. The van der Waals surface area contributed by atoms with Crippen LogP contribution >= 0.6 is 0 Å². The van der Waals surface area contributed by atoms with Crippen molar-refractivity contribution in [2.24, 2.45) is 0 Å². The third-order valence-corrected chi connectivity index (χ3v) is 3.09. The van der Waals surface area contributed by atoms with Crippen molar-refractivity contribution in [3.8, 4) is 0 Å². The largest absolute Gasteiger partial charge is 0.347 e. The minimum absolute atomic E-state index is 0.304. The van der Waals surface area contributed by atoms with E-state index in [0.717, 1.165) is 0 Å². The number of nitrogens with one attached hydrogen (secondary N) is 1. The number of amides is 1. The lowest BCUT2D eigenvalue weighted by Gasteiger charge is -2.09. The van der Waals surface area contributed by atoms with E-state index in [-0.39, 0.29) is 6.04 Å². The number of rotatable bonds is 2. The Morgan fingerprint density at radius 3 is 2.67 bits per heavy atom. The molecule has 1 aliphatic rings. The van der Waals surface area contributed by atoms with Gasteiger partial charge >= 0.3 is 6.43 Å². The molecule has 2 atom stereocenters. The van der Waals surface area contributed by atoms with E-state index in [2.05, 4.69) is 5.32 Å². The van der Waals surface area contributed by atoms with Gasteiger partial charge in [0.05, 0.1) is 0 Å². The normalized spacial score (nSPS) is 29.2. The fraction of sp³-hybridized carbons (Fsp3) is 0.833. The Labute approximate surface area is 71.0 Å². The van der Waals surface area contributed by atoms with Gasteiger partial charge in [-0.25, -0.2) is 0 Å². The average Bonchev–Trinajstić information content (AvgIpc) is 2.35. The van der Waals surface area contributed by atoms with Gasteiger partial charge in [0.2, 0.25) is 0 Å². The molecule has 2 unspecified atom stereocenters. The van der Waals surface area contributed by atoms with Crippen LogP contribution in [0.2, 0.25) is 0 Å². The quantitative estimate of drug-likeness (QED) is 0.671. The fourth-order valence-electron chi connectivity index (χ4n) is 1.04. The lowest BCUT2D eigenvalue weighted by molar-refractivity contribution is -0.132. The molecule has 6 heteroatoms. The summed E-state index contributed by atoms with van der Waals surface area (Å²) in [4.78, 5) is 10.4. The molecule has 3 nitrogen and oxygen atoms in total. The highest BCUT2D eigenvalue weighted by Crippen LogP contribution is 2.07. The zero-order valence-electron chi connectivity index (χ0n) is 6.26. The lowest BCUT2D eigenvalue weighted by atomic mass is 10.2. The Morgan fingerprint density at radius 1 is 1.58 bits per heavy atom. The Balaban J connectivity index is 2.32. The van der Waals surface area contributed by atoms with Gasteiger partial charge in [0.15, 0.2) is 0 Å². The van der Waals surface area contributed by atoms with Crippen LogP contribution in [0.3, 0.4) is 0 Å². The molecule has 70 valence electrons. The standard InChI is InChI=1S/C6H9F2NO2S/c7-5(8)6(10)9-4-1-2-12(11)3-4/h4-5H,1-3H2,(H,9,10). The molecule has 12 heavy (non-hydrogen) atoms. The maximum atomic E-state index is 11.7. The fourth-order valence-corrected chi connectivity index (χ4v) is 2.46. The van der Waals surface area contributed by atoms with Gasteiger partial charge in [0, 0.05) is 28.3 Å². The Morgan fingerprint density at radius 2 is 2.25 bits per heavy atom. The lowest BCUT2D eigenvalue weighted by Crippen LogP contribution is -2.38. The number of carbonyl (C=O) groups excluding carboxylic acids is 1. The van der Waals surface area contributed by atoms with E-state index in [1.54, 1.807) is 0 Å². The number of carbonyl (C=O) groups is 1. The van der Waals surface area contributed by atoms with Crippen molar-refractivity contribution in [2.45, 2.75) is 18.9 Å². The first-order valence-corrected chi connectivity index (χ1v) is 5.02. The van der Waals surface area contributed by atoms with Crippen LogP contribution in [0.5, 0.6) is 0 Å². The first-order chi connectivity index (χ1) is 5.59. The number of alkyl halides is 2. The van der Waals surface area contributed by atoms with Crippen LogP contribution in [-0.2, 0) is 15.6 Å². The second-order valence-corrected chi connectivity index (χ2v) is 4.23. The summed E-state index contributed by atoms with van der Waals surface area (Å²) in [5, 5.41) is 2.13. The molecule has 0 aromatic rings. The SMILES string of the molecule is O=C(NC1CCS(=O)C1)C(F)F. The molecule has 1 rings (SSSR count). The monoisotopic (exact) mass is 197 g/mol. The molecular weight excluding hydrogens is 188 g/mol. The van der Waals surface area contributed by atoms with Crippen molar-refractivity contribution in [2.75, 3.05) is 11.5 Å². The predicted molar refractivity (Wildman–Crippen MR) is 40.4 cm³/mol. The molecule has 0 spiro atoms. The molecule has 1 N–H and O–H groups in total. The van der Waals surface area contributed by atoms with Gasteiger partial charge in [0.25, 0.3) is 5.91 Å². The van der Waals surface area contributed by atoms with E-state index in [4.69, 9.17) is 0 Å². The number of hydrogen-bond donors (Lipinski definition) is 1. The van der Waals surface area contributed by atoms with Gasteiger partial charge in [-0.15, -0.1) is 0 Å². The van der Waals surface area contributed by atoms with E-state index >= 15 is 0 Å². The second-order valence-electron chi connectivity index (χ2n) is 2.61. The molecule has 0 bridgehead atoms. The maximum absolute atomic E-state index is 11.7. The van der Waals surface area contributed by atoms with Crippen LogP contribution < -0.4 is 5.32 Å². The molecule has 0 saturated carbocycles. The van der Waals surface area contributed by atoms with Crippen molar-refractivity contribution in [3.05, 3.63) is 0 Å². The van der Waals surface area contributed by atoms with Gasteiger partial charge < -0.3 is 5.32 Å². The molecule has 1 aliphatic heterocycles. The molecule has 0 aromatic heterocycles. The van der Waals surface area contributed by atoms with Crippen LogP contribution in [0.1, 0.15) is 6.42 Å². The van der Waals surface area contributed by atoms with E-state index < -0.39 is 23.1 Å². The molecule has 1 fully saturated rings. The third kappa shape index (κ3) is 2.51. The highest BCUT2D eigenvalue weighted by atomic mass is 32.2. The average molecular weight is 197 g/mol. The van der Waals surface area contributed by atoms with Gasteiger partial charge in [-0.1, -0.05) is 0 Å². The van der Waals surface area contributed by atoms with E-state index in [0.29, 0.717) is 17.9 Å². The summed E-state index contributed by atoms with van der Waals surface area (Å²) >= 11 is 0. The van der Waals surface area contributed by atoms with Gasteiger partial charge in [-0.3, -0.25) is 9.00 Å². The minimum Gasteiger partial charge on any atom is -0.347 e. The summed E-state index contributed by atoms with van der Waals surface area (Å²) in [5.74, 6) is -0.467. The molecule has 1 amide bonds. The van der Waals surface area contributed by atoms with Crippen LogP contribution in [0, 0.1) is 0 Å². The maximum Gasteiger partial charge on any atom is 0.315 e. The molecule has 0 radical (unpaired) electrons. The third-order valence-electron chi connectivity index (χ3n) is 1.63. The first-order valence-electron chi connectivity index (χ1n) is 3.53.